The zero-order valence-electron chi connectivity index (χ0n) is 10.8. The highest BCUT2D eigenvalue weighted by atomic mass is 14.8. The molecule has 0 saturated heterocycles. The van der Waals surface area contributed by atoms with Crippen molar-refractivity contribution in [3.63, 3.8) is 0 Å². The van der Waals surface area contributed by atoms with Gasteiger partial charge in [-0.3, -0.25) is 0 Å². The van der Waals surface area contributed by atoms with E-state index in [0.717, 1.165) is 12.8 Å². The molecule has 18 heavy (non-hydrogen) atoms. The average Bonchev–Trinajstić information content (AvgIpc) is 2.37. The third kappa shape index (κ3) is 1.85. The van der Waals surface area contributed by atoms with E-state index in [2.05, 4.69) is 55.5 Å². The van der Waals surface area contributed by atoms with Crippen molar-refractivity contribution in [3.8, 4) is 11.1 Å². The molecule has 1 heteroatoms. The fourth-order valence-electron chi connectivity index (χ4n) is 2.74. The molecule has 2 aromatic rings. The Morgan fingerprint density at radius 3 is 2.44 bits per heavy atom. The molecule has 0 bridgehead atoms. The van der Waals surface area contributed by atoms with Crippen LogP contribution in [0.4, 0.5) is 0 Å². The van der Waals surface area contributed by atoms with Gasteiger partial charge in [0, 0.05) is 5.54 Å². The topological polar surface area (TPSA) is 26.0 Å². The molecule has 0 atom stereocenters. The van der Waals surface area contributed by atoms with E-state index >= 15 is 0 Å². The summed E-state index contributed by atoms with van der Waals surface area (Å²) >= 11 is 0. The van der Waals surface area contributed by atoms with Crippen LogP contribution >= 0.6 is 0 Å². The summed E-state index contributed by atoms with van der Waals surface area (Å²) in [5.74, 6) is 0. The third-order valence-corrected chi connectivity index (χ3v) is 4.14. The second-order valence-corrected chi connectivity index (χ2v) is 5.41. The van der Waals surface area contributed by atoms with Gasteiger partial charge in [0.25, 0.3) is 0 Å². The first-order chi connectivity index (χ1) is 8.69. The minimum atomic E-state index is -0.0707. The van der Waals surface area contributed by atoms with E-state index in [1.165, 1.54) is 28.7 Å². The van der Waals surface area contributed by atoms with Crippen LogP contribution in [0.1, 0.15) is 30.4 Å². The lowest BCUT2D eigenvalue weighted by Gasteiger charge is -2.38. The van der Waals surface area contributed by atoms with E-state index in [-0.39, 0.29) is 5.54 Å². The van der Waals surface area contributed by atoms with E-state index in [1.807, 2.05) is 0 Å². The van der Waals surface area contributed by atoms with Crippen molar-refractivity contribution in [2.24, 2.45) is 5.73 Å². The van der Waals surface area contributed by atoms with Crippen molar-refractivity contribution in [2.45, 2.75) is 31.7 Å². The molecule has 0 heterocycles. The molecular weight excluding hydrogens is 218 g/mol. The van der Waals surface area contributed by atoms with E-state index in [1.54, 1.807) is 0 Å². The lowest BCUT2D eigenvalue weighted by molar-refractivity contribution is 0.253. The maximum Gasteiger partial charge on any atom is 0.0409 e. The van der Waals surface area contributed by atoms with E-state index in [0.29, 0.717) is 0 Å². The van der Waals surface area contributed by atoms with Crippen LogP contribution in [0.2, 0.25) is 0 Å². The normalized spacial score (nSPS) is 17.2. The van der Waals surface area contributed by atoms with E-state index in [4.69, 9.17) is 5.73 Å². The molecule has 1 nitrogen and oxygen atoms in total. The number of hydrogen-bond donors (Lipinski definition) is 1. The fraction of sp³-hybridized carbons (Fsp3) is 0.294. The largest absolute Gasteiger partial charge is 0.321 e. The van der Waals surface area contributed by atoms with Crippen LogP contribution in [0.15, 0.2) is 48.5 Å². The minimum Gasteiger partial charge on any atom is -0.321 e. The summed E-state index contributed by atoms with van der Waals surface area (Å²) in [6.07, 6.45) is 3.49. The Kier molecular flexibility index (Phi) is 2.71. The SMILES string of the molecule is Cc1ccccc1-c1cccc(C2(N)CCC2)c1. The van der Waals surface area contributed by atoms with Crippen molar-refractivity contribution >= 4 is 0 Å². The summed E-state index contributed by atoms with van der Waals surface area (Å²) in [6, 6.07) is 17.2. The van der Waals surface area contributed by atoms with Gasteiger partial charge in [-0.1, -0.05) is 42.5 Å². The molecule has 0 aliphatic heterocycles. The zero-order chi connectivity index (χ0) is 12.6. The standard InChI is InChI=1S/C17H19N/c1-13-6-2-3-9-16(13)14-7-4-8-15(12-14)17(18)10-5-11-17/h2-4,6-9,12H,5,10-11,18H2,1H3. The van der Waals surface area contributed by atoms with Crippen LogP contribution in [0.5, 0.6) is 0 Å². The van der Waals surface area contributed by atoms with Crippen LogP contribution in [0, 0.1) is 6.92 Å². The summed E-state index contributed by atoms with van der Waals surface area (Å²) in [6.45, 7) is 2.16. The Morgan fingerprint density at radius 1 is 1.00 bits per heavy atom. The van der Waals surface area contributed by atoms with Crippen molar-refractivity contribution < 1.29 is 0 Å². The van der Waals surface area contributed by atoms with Gasteiger partial charge in [-0.05, 0) is 54.5 Å². The predicted molar refractivity (Wildman–Crippen MR) is 76.3 cm³/mol. The molecule has 1 fully saturated rings. The van der Waals surface area contributed by atoms with Gasteiger partial charge in [0.15, 0.2) is 0 Å². The number of nitrogens with two attached hydrogens (primary N) is 1. The summed E-state index contributed by atoms with van der Waals surface area (Å²) in [4.78, 5) is 0. The fourth-order valence-corrected chi connectivity index (χ4v) is 2.74. The van der Waals surface area contributed by atoms with Gasteiger partial charge in [-0.25, -0.2) is 0 Å². The number of aryl methyl sites for hydroxylation is 1. The molecule has 3 rings (SSSR count). The first-order valence-electron chi connectivity index (χ1n) is 6.64. The van der Waals surface area contributed by atoms with Gasteiger partial charge in [0.1, 0.15) is 0 Å². The molecule has 0 spiro atoms. The molecule has 1 aliphatic rings. The Balaban J connectivity index is 2.04. The monoisotopic (exact) mass is 237 g/mol. The summed E-state index contributed by atoms with van der Waals surface area (Å²) in [5.41, 5.74) is 11.5. The molecule has 2 N–H and O–H groups in total. The number of rotatable bonds is 2. The molecule has 0 radical (unpaired) electrons. The van der Waals surface area contributed by atoms with Gasteiger partial charge in [-0.2, -0.15) is 0 Å². The zero-order valence-corrected chi connectivity index (χ0v) is 10.8. The molecule has 1 aliphatic carbocycles. The average molecular weight is 237 g/mol. The highest BCUT2D eigenvalue weighted by Gasteiger charge is 2.34. The van der Waals surface area contributed by atoms with Gasteiger partial charge in [-0.15, -0.1) is 0 Å². The molecule has 2 aromatic carbocycles. The van der Waals surface area contributed by atoms with E-state index < -0.39 is 0 Å². The Hall–Kier alpha value is -1.60. The molecular formula is C17H19N. The predicted octanol–water partition coefficient (Wildman–Crippen LogP) is 4.00. The van der Waals surface area contributed by atoms with Gasteiger partial charge >= 0.3 is 0 Å². The number of hydrogen-bond acceptors (Lipinski definition) is 1. The quantitative estimate of drug-likeness (QED) is 0.839. The summed E-state index contributed by atoms with van der Waals surface area (Å²) in [5, 5.41) is 0. The second-order valence-electron chi connectivity index (χ2n) is 5.41. The number of benzene rings is 2. The Labute approximate surface area is 109 Å². The van der Waals surface area contributed by atoms with Crippen LogP contribution < -0.4 is 5.73 Å². The van der Waals surface area contributed by atoms with Gasteiger partial charge in [0.2, 0.25) is 0 Å². The molecule has 0 aromatic heterocycles. The maximum absolute atomic E-state index is 6.41. The van der Waals surface area contributed by atoms with Crippen molar-refractivity contribution in [3.05, 3.63) is 59.7 Å². The van der Waals surface area contributed by atoms with Crippen LogP contribution in [0.25, 0.3) is 11.1 Å². The highest BCUT2D eigenvalue weighted by molar-refractivity contribution is 5.68. The van der Waals surface area contributed by atoms with E-state index in [9.17, 15) is 0 Å². The van der Waals surface area contributed by atoms with Gasteiger partial charge < -0.3 is 5.73 Å². The van der Waals surface area contributed by atoms with Crippen LogP contribution in [0.3, 0.4) is 0 Å². The van der Waals surface area contributed by atoms with Crippen molar-refractivity contribution in [1.29, 1.82) is 0 Å². The lowest BCUT2D eigenvalue weighted by atomic mass is 9.72. The lowest BCUT2D eigenvalue weighted by Crippen LogP contribution is -2.43. The molecule has 0 unspecified atom stereocenters. The van der Waals surface area contributed by atoms with Crippen molar-refractivity contribution in [1.82, 2.24) is 0 Å². The highest BCUT2D eigenvalue weighted by Crippen LogP contribution is 2.39. The molecule has 0 amide bonds. The summed E-state index contributed by atoms with van der Waals surface area (Å²) < 4.78 is 0. The minimum absolute atomic E-state index is 0.0707. The smallest absolute Gasteiger partial charge is 0.0409 e. The third-order valence-electron chi connectivity index (χ3n) is 4.14. The van der Waals surface area contributed by atoms with Crippen LogP contribution in [-0.2, 0) is 5.54 Å². The Morgan fingerprint density at radius 2 is 1.78 bits per heavy atom. The molecule has 92 valence electrons. The maximum atomic E-state index is 6.41. The van der Waals surface area contributed by atoms with Crippen LogP contribution in [-0.4, -0.2) is 0 Å². The van der Waals surface area contributed by atoms with Gasteiger partial charge in [0.05, 0.1) is 0 Å². The Bertz CT molecular complexity index is 567. The van der Waals surface area contributed by atoms with Crippen molar-refractivity contribution in [2.75, 3.05) is 0 Å². The first kappa shape index (κ1) is 11.5. The molecule has 1 saturated carbocycles. The first-order valence-corrected chi connectivity index (χ1v) is 6.64. The summed E-state index contributed by atoms with van der Waals surface area (Å²) in [7, 11) is 0. The second kappa shape index (κ2) is 4.25.